The predicted octanol–water partition coefficient (Wildman–Crippen LogP) is 4.36. The van der Waals surface area contributed by atoms with Gasteiger partial charge in [0.05, 0.1) is 32.5 Å². The minimum Gasteiger partial charge on any atom is -0.280 e. The summed E-state index contributed by atoms with van der Waals surface area (Å²) in [6.45, 7) is 5.12. The van der Waals surface area contributed by atoms with Gasteiger partial charge in [0, 0.05) is 0 Å². The van der Waals surface area contributed by atoms with E-state index in [1.807, 2.05) is 0 Å². The van der Waals surface area contributed by atoms with E-state index in [0.29, 0.717) is 5.56 Å². The summed E-state index contributed by atoms with van der Waals surface area (Å²) < 4.78 is 66.3. The summed E-state index contributed by atoms with van der Waals surface area (Å²) in [5, 5.41) is 5.35. The lowest BCUT2D eigenvalue weighted by Crippen LogP contribution is -2.36. The van der Waals surface area contributed by atoms with Gasteiger partial charge in [0.25, 0.3) is 0 Å². The first kappa shape index (κ1) is 19.9. The second-order valence-corrected chi connectivity index (χ2v) is 8.72. The molecule has 2 rings (SSSR count). The Bertz CT molecular complexity index is 786. The summed E-state index contributed by atoms with van der Waals surface area (Å²) in [6, 6.07) is 3.58. The van der Waals surface area contributed by atoms with Gasteiger partial charge in [-0.3, -0.25) is 5.10 Å². The van der Waals surface area contributed by atoms with Crippen LogP contribution in [0, 0.1) is 5.82 Å². The molecule has 0 spiro atoms. The molecule has 0 radical (unpaired) electrons. The number of benzene rings is 1. The van der Waals surface area contributed by atoms with Gasteiger partial charge in [0.1, 0.15) is 5.82 Å². The molecule has 2 unspecified atom stereocenters. The minimum atomic E-state index is -4.62. The minimum absolute atomic E-state index is 0.0348. The van der Waals surface area contributed by atoms with Gasteiger partial charge in [-0.1, -0.05) is 17.7 Å². The van der Waals surface area contributed by atoms with E-state index in [-0.39, 0.29) is 10.7 Å². The third-order valence-corrected chi connectivity index (χ3v) is 5.11. The van der Waals surface area contributed by atoms with E-state index in [2.05, 4.69) is 14.9 Å². The normalized spacial score (nSPS) is 15.2. The maximum Gasteiger partial charge on any atom is 0.435 e. The first-order chi connectivity index (χ1) is 11.4. The van der Waals surface area contributed by atoms with Crippen LogP contribution in [0.3, 0.4) is 0 Å². The van der Waals surface area contributed by atoms with Gasteiger partial charge in [-0.15, -0.1) is 0 Å². The molecule has 0 aliphatic rings. The Labute approximate surface area is 149 Å². The van der Waals surface area contributed by atoms with Crippen molar-refractivity contribution in [2.75, 3.05) is 0 Å². The molecule has 1 heterocycles. The maximum atomic E-state index is 13.4. The van der Waals surface area contributed by atoms with Crippen molar-refractivity contribution in [3.8, 4) is 0 Å². The summed E-state index contributed by atoms with van der Waals surface area (Å²) >= 11 is 5.77. The number of halogens is 5. The SMILES string of the molecule is CC(C)(C)S(=O)NC(c1ccc(F)c(Cl)c1)c1cc(C(F)(F)F)n[nH]1. The van der Waals surface area contributed by atoms with Crippen LogP contribution in [0.25, 0.3) is 0 Å². The molecule has 138 valence electrons. The third-order valence-electron chi connectivity index (χ3n) is 3.26. The Morgan fingerprint density at radius 2 is 1.88 bits per heavy atom. The van der Waals surface area contributed by atoms with Crippen LogP contribution in [-0.2, 0) is 17.2 Å². The quantitative estimate of drug-likeness (QED) is 0.753. The number of rotatable bonds is 4. The van der Waals surface area contributed by atoms with E-state index in [0.717, 1.165) is 12.1 Å². The Morgan fingerprint density at radius 1 is 1.24 bits per heavy atom. The number of nitrogens with one attached hydrogen (secondary N) is 2. The molecule has 1 aromatic heterocycles. The van der Waals surface area contributed by atoms with Crippen LogP contribution in [0.2, 0.25) is 5.02 Å². The summed E-state index contributed by atoms with van der Waals surface area (Å²) in [5.74, 6) is -0.665. The first-order valence-corrected chi connectivity index (χ1v) is 8.68. The van der Waals surface area contributed by atoms with Crippen LogP contribution < -0.4 is 4.72 Å². The smallest absolute Gasteiger partial charge is 0.280 e. The highest BCUT2D eigenvalue weighted by Crippen LogP contribution is 2.32. The lowest BCUT2D eigenvalue weighted by molar-refractivity contribution is -0.141. The molecule has 4 nitrogen and oxygen atoms in total. The zero-order chi connectivity index (χ0) is 19.0. The molecular formula is C15H16ClF4N3OS. The van der Waals surface area contributed by atoms with Crippen LogP contribution in [-0.4, -0.2) is 19.2 Å². The highest BCUT2D eigenvalue weighted by Gasteiger charge is 2.35. The largest absolute Gasteiger partial charge is 0.435 e. The summed E-state index contributed by atoms with van der Waals surface area (Å²) in [5.41, 5.74) is -0.724. The van der Waals surface area contributed by atoms with Crippen LogP contribution in [0.15, 0.2) is 24.3 Å². The van der Waals surface area contributed by atoms with Gasteiger partial charge >= 0.3 is 6.18 Å². The highest BCUT2D eigenvalue weighted by molar-refractivity contribution is 7.84. The Kier molecular flexibility index (Phi) is 5.60. The first-order valence-electron chi connectivity index (χ1n) is 7.15. The molecule has 0 amide bonds. The van der Waals surface area contributed by atoms with Crippen molar-refractivity contribution >= 4 is 22.6 Å². The molecule has 2 N–H and O–H groups in total. The molecule has 0 aliphatic heterocycles. The summed E-state index contributed by atoms with van der Waals surface area (Å²) in [4.78, 5) is 0. The molecule has 0 saturated carbocycles. The van der Waals surface area contributed by atoms with E-state index < -0.39 is 39.5 Å². The van der Waals surface area contributed by atoms with E-state index in [4.69, 9.17) is 11.6 Å². The molecule has 2 atom stereocenters. The van der Waals surface area contributed by atoms with Crippen LogP contribution in [0.5, 0.6) is 0 Å². The van der Waals surface area contributed by atoms with Crippen molar-refractivity contribution in [3.05, 3.63) is 52.1 Å². The van der Waals surface area contributed by atoms with Crippen molar-refractivity contribution in [2.24, 2.45) is 0 Å². The molecule has 0 bridgehead atoms. The zero-order valence-electron chi connectivity index (χ0n) is 13.5. The third kappa shape index (κ3) is 4.80. The Balaban J connectivity index is 2.46. The van der Waals surface area contributed by atoms with Crippen molar-refractivity contribution in [2.45, 2.75) is 37.7 Å². The summed E-state index contributed by atoms with van der Waals surface area (Å²) in [6.07, 6.45) is -4.62. The monoisotopic (exact) mass is 397 g/mol. The number of aromatic amines is 1. The van der Waals surface area contributed by atoms with Crippen molar-refractivity contribution in [3.63, 3.8) is 0 Å². The average Bonchev–Trinajstić information content (AvgIpc) is 2.96. The van der Waals surface area contributed by atoms with Gasteiger partial charge < -0.3 is 0 Å². The Morgan fingerprint density at radius 3 is 2.36 bits per heavy atom. The molecule has 1 aromatic carbocycles. The van der Waals surface area contributed by atoms with Gasteiger partial charge in [0.2, 0.25) is 0 Å². The highest BCUT2D eigenvalue weighted by atomic mass is 35.5. The average molecular weight is 398 g/mol. The molecule has 25 heavy (non-hydrogen) atoms. The molecular weight excluding hydrogens is 382 g/mol. The lowest BCUT2D eigenvalue weighted by atomic mass is 10.0. The zero-order valence-corrected chi connectivity index (χ0v) is 15.1. The standard InChI is InChI=1S/C15H16ClF4N3OS/c1-14(2,3)25(24)23-13(8-4-5-10(17)9(16)6-8)11-7-12(22-21-11)15(18,19)20/h4-7,13,23H,1-3H3,(H,21,22). The Hall–Kier alpha value is -1.45. The number of H-pyrrole nitrogens is 1. The fourth-order valence-corrected chi connectivity index (χ4v) is 2.94. The second-order valence-electron chi connectivity index (χ2n) is 6.31. The lowest BCUT2D eigenvalue weighted by Gasteiger charge is -2.24. The van der Waals surface area contributed by atoms with E-state index in [1.54, 1.807) is 20.8 Å². The van der Waals surface area contributed by atoms with Gasteiger partial charge in [-0.2, -0.15) is 18.3 Å². The molecule has 0 fully saturated rings. The summed E-state index contributed by atoms with van der Waals surface area (Å²) in [7, 11) is -1.61. The van der Waals surface area contributed by atoms with Gasteiger partial charge in [-0.05, 0) is 44.5 Å². The van der Waals surface area contributed by atoms with Gasteiger partial charge in [0.15, 0.2) is 5.69 Å². The van der Waals surface area contributed by atoms with E-state index in [9.17, 15) is 21.8 Å². The fraction of sp³-hybridized carbons (Fsp3) is 0.400. The fourth-order valence-electron chi connectivity index (χ4n) is 1.92. The van der Waals surface area contributed by atoms with Crippen molar-refractivity contribution < 1.29 is 21.8 Å². The van der Waals surface area contributed by atoms with Crippen LogP contribution in [0.1, 0.15) is 43.8 Å². The number of hydrogen-bond acceptors (Lipinski definition) is 2. The van der Waals surface area contributed by atoms with E-state index >= 15 is 0 Å². The maximum absolute atomic E-state index is 13.4. The molecule has 2 aromatic rings. The topological polar surface area (TPSA) is 57.8 Å². The molecule has 0 aliphatic carbocycles. The van der Waals surface area contributed by atoms with Crippen molar-refractivity contribution in [1.82, 2.24) is 14.9 Å². The number of hydrogen-bond donors (Lipinski definition) is 2. The predicted molar refractivity (Wildman–Crippen MR) is 87.9 cm³/mol. The van der Waals surface area contributed by atoms with Crippen molar-refractivity contribution in [1.29, 1.82) is 0 Å². The second kappa shape index (κ2) is 7.05. The molecule has 10 heteroatoms. The number of aromatic nitrogens is 2. The number of alkyl halides is 3. The number of nitrogens with zero attached hydrogens (tertiary/aromatic N) is 1. The van der Waals surface area contributed by atoms with Crippen LogP contribution >= 0.6 is 11.6 Å². The van der Waals surface area contributed by atoms with E-state index in [1.165, 1.54) is 12.1 Å². The molecule has 0 saturated heterocycles. The van der Waals surface area contributed by atoms with Gasteiger partial charge in [-0.25, -0.2) is 13.3 Å². The van der Waals surface area contributed by atoms with Crippen LogP contribution in [0.4, 0.5) is 17.6 Å².